The predicted octanol–water partition coefficient (Wildman–Crippen LogP) is 13.9. The van der Waals surface area contributed by atoms with Gasteiger partial charge in [0.1, 0.15) is 0 Å². The number of hydrogen-bond acceptors (Lipinski definition) is 6. The van der Waals surface area contributed by atoms with Gasteiger partial charge >= 0.3 is 0 Å². The summed E-state index contributed by atoms with van der Waals surface area (Å²) in [6.45, 7) is 0. The molecule has 3 heterocycles. The zero-order valence-corrected chi connectivity index (χ0v) is 33.9. The van der Waals surface area contributed by atoms with Gasteiger partial charge in [0.2, 0.25) is 0 Å². The van der Waals surface area contributed by atoms with Crippen molar-refractivity contribution in [2.24, 2.45) is 0 Å². The molecule has 0 saturated carbocycles. The molecule has 8 aromatic carbocycles. The SMILES string of the molecule is c1ccc(-c2nc(-c3cccc(-c4ccccn4)c3)nc(-c3ccccc3-c3cccc4c3Oc3cc5c(cc3O4)C(c3ccccc3)(c3ccccc3)c3ccccc3-5)n2)cc1. The van der Waals surface area contributed by atoms with Crippen LogP contribution in [0.15, 0.2) is 219 Å². The maximum absolute atomic E-state index is 7.03. The highest BCUT2D eigenvalue weighted by atomic mass is 16.6. The molecule has 0 atom stereocenters. The first-order valence-corrected chi connectivity index (χ1v) is 21.0. The van der Waals surface area contributed by atoms with Gasteiger partial charge in [-0.15, -0.1) is 0 Å². The summed E-state index contributed by atoms with van der Waals surface area (Å²) < 4.78 is 13.9. The number of para-hydroxylation sites is 1. The minimum Gasteiger partial charge on any atom is -0.449 e. The van der Waals surface area contributed by atoms with Crippen molar-refractivity contribution in [3.63, 3.8) is 0 Å². The zero-order valence-electron chi connectivity index (χ0n) is 33.9. The summed E-state index contributed by atoms with van der Waals surface area (Å²) in [5, 5.41) is 0. The monoisotopic (exact) mass is 808 g/mol. The van der Waals surface area contributed by atoms with Gasteiger partial charge in [-0.25, -0.2) is 15.0 Å². The van der Waals surface area contributed by atoms with Gasteiger partial charge in [-0.2, -0.15) is 0 Å². The molecular formula is C57H36N4O2. The summed E-state index contributed by atoms with van der Waals surface area (Å²) in [7, 11) is 0. The Labute approximate surface area is 364 Å². The highest BCUT2D eigenvalue weighted by Gasteiger charge is 2.47. The van der Waals surface area contributed by atoms with E-state index >= 15 is 0 Å². The van der Waals surface area contributed by atoms with Crippen molar-refractivity contribution in [3.8, 4) is 90.7 Å². The molecule has 12 rings (SSSR count). The van der Waals surface area contributed by atoms with Crippen LogP contribution in [0.1, 0.15) is 22.3 Å². The predicted molar refractivity (Wildman–Crippen MR) is 249 cm³/mol. The molecule has 1 aliphatic heterocycles. The first-order valence-electron chi connectivity index (χ1n) is 21.0. The number of fused-ring (bicyclic) bond motifs is 5. The molecule has 6 nitrogen and oxygen atoms in total. The van der Waals surface area contributed by atoms with Crippen molar-refractivity contribution in [2.45, 2.75) is 5.41 Å². The second kappa shape index (κ2) is 14.9. The fourth-order valence-electron chi connectivity index (χ4n) is 9.36. The van der Waals surface area contributed by atoms with Crippen molar-refractivity contribution in [1.29, 1.82) is 0 Å². The standard InChI is InChI=1S/C57H36N4O2/c1-4-18-37(19-5-1)54-59-55(39-21-16-20-38(34-39)49-31-14-15-33-58-49)61-56(60-54)45-28-11-10-26-42(45)44-29-17-32-50-53(44)63-51-35-46-43-27-12-13-30-47(43)57(40-22-6-2-7-23-40,41-24-8-3-9-25-41)48(46)36-52(51)62-50/h1-36H. The van der Waals surface area contributed by atoms with Gasteiger partial charge < -0.3 is 9.47 Å². The third kappa shape index (κ3) is 6.03. The van der Waals surface area contributed by atoms with E-state index in [4.69, 9.17) is 24.4 Å². The second-order valence-electron chi connectivity index (χ2n) is 15.7. The summed E-state index contributed by atoms with van der Waals surface area (Å²) >= 11 is 0. The van der Waals surface area contributed by atoms with Crippen LogP contribution in [0.5, 0.6) is 23.0 Å². The number of ether oxygens (including phenoxy) is 2. The Balaban J connectivity index is 0.992. The summed E-state index contributed by atoms with van der Waals surface area (Å²) in [5.41, 5.74) is 12.7. The number of nitrogens with zero attached hydrogens (tertiary/aromatic N) is 4. The van der Waals surface area contributed by atoms with E-state index in [9.17, 15) is 0 Å². The van der Waals surface area contributed by atoms with Gasteiger partial charge in [0.15, 0.2) is 40.5 Å². The molecule has 10 aromatic rings. The summed E-state index contributed by atoms with van der Waals surface area (Å²) in [6, 6.07) is 73.0. The van der Waals surface area contributed by atoms with E-state index in [1.807, 2.05) is 84.9 Å². The Morgan fingerprint density at radius 1 is 0.333 bits per heavy atom. The smallest absolute Gasteiger partial charge is 0.177 e. The van der Waals surface area contributed by atoms with Crippen molar-refractivity contribution in [2.75, 3.05) is 0 Å². The Morgan fingerprint density at radius 2 is 0.905 bits per heavy atom. The third-order valence-corrected chi connectivity index (χ3v) is 12.1. The van der Waals surface area contributed by atoms with Crippen LogP contribution in [-0.2, 0) is 5.41 Å². The number of pyridine rings is 1. The number of rotatable bonds is 7. The Hall–Kier alpha value is -8.48. The van der Waals surface area contributed by atoms with Crippen molar-refractivity contribution < 1.29 is 9.47 Å². The van der Waals surface area contributed by atoms with Crippen molar-refractivity contribution in [1.82, 2.24) is 19.9 Å². The maximum atomic E-state index is 7.03. The summed E-state index contributed by atoms with van der Waals surface area (Å²) in [4.78, 5) is 19.9. The topological polar surface area (TPSA) is 70.0 Å². The van der Waals surface area contributed by atoms with Gasteiger partial charge in [0.05, 0.1) is 11.1 Å². The molecular weight excluding hydrogens is 773 g/mol. The molecule has 0 fully saturated rings. The molecule has 6 heteroatoms. The fraction of sp³-hybridized carbons (Fsp3) is 0.0175. The summed E-state index contributed by atoms with van der Waals surface area (Å²) in [6.07, 6.45) is 1.80. The van der Waals surface area contributed by atoms with Gasteiger partial charge in [-0.05, 0) is 75.3 Å². The Morgan fingerprint density at radius 3 is 1.65 bits per heavy atom. The molecule has 0 radical (unpaired) electrons. The first kappa shape index (κ1) is 36.4. The summed E-state index contributed by atoms with van der Waals surface area (Å²) in [5.74, 6) is 4.25. The van der Waals surface area contributed by atoms with E-state index in [1.165, 1.54) is 22.3 Å². The van der Waals surface area contributed by atoms with Gasteiger partial charge in [-0.1, -0.05) is 176 Å². The van der Waals surface area contributed by atoms with Gasteiger partial charge in [0.25, 0.3) is 0 Å². The molecule has 0 spiro atoms. The lowest BCUT2D eigenvalue weighted by molar-refractivity contribution is 0.360. The lowest BCUT2D eigenvalue weighted by Crippen LogP contribution is -2.28. The number of benzene rings is 8. The van der Waals surface area contributed by atoms with Gasteiger partial charge in [-0.3, -0.25) is 4.98 Å². The van der Waals surface area contributed by atoms with Crippen molar-refractivity contribution >= 4 is 0 Å². The first-order chi connectivity index (χ1) is 31.2. The fourth-order valence-corrected chi connectivity index (χ4v) is 9.36. The van der Waals surface area contributed by atoms with Crippen LogP contribution >= 0.6 is 0 Å². The highest BCUT2D eigenvalue weighted by Crippen LogP contribution is 2.60. The average Bonchev–Trinajstić information content (AvgIpc) is 3.65. The number of hydrogen-bond donors (Lipinski definition) is 0. The van der Waals surface area contributed by atoms with Crippen LogP contribution < -0.4 is 9.47 Å². The van der Waals surface area contributed by atoms with Crippen LogP contribution in [0.25, 0.3) is 67.7 Å². The minimum absolute atomic E-state index is 0.542. The molecule has 0 N–H and O–H groups in total. The lowest BCUT2D eigenvalue weighted by Gasteiger charge is -2.34. The molecule has 2 aliphatic rings. The highest BCUT2D eigenvalue weighted by molar-refractivity contribution is 5.90. The molecule has 2 aromatic heterocycles. The Kier molecular flexibility index (Phi) is 8.61. The zero-order chi connectivity index (χ0) is 41.7. The number of aromatic nitrogens is 4. The molecule has 0 amide bonds. The quantitative estimate of drug-likeness (QED) is 0.160. The van der Waals surface area contributed by atoms with E-state index in [0.717, 1.165) is 50.2 Å². The average molecular weight is 809 g/mol. The minimum atomic E-state index is -0.560. The second-order valence-corrected chi connectivity index (χ2v) is 15.7. The van der Waals surface area contributed by atoms with E-state index in [1.54, 1.807) is 6.20 Å². The van der Waals surface area contributed by atoms with E-state index in [2.05, 4.69) is 132 Å². The van der Waals surface area contributed by atoms with Crippen LogP contribution in [0.3, 0.4) is 0 Å². The molecule has 63 heavy (non-hydrogen) atoms. The molecule has 0 unspecified atom stereocenters. The normalized spacial score (nSPS) is 12.8. The van der Waals surface area contributed by atoms with E-state index < -0.39 is 5.41 Å². The molecule has 296 valence electrons. The largest absolute Gasteiger partial charge is 0.449 e. The Bertz CT molecular complexity index is 3300. The molecule has 0 bridgehead atoms. The molecule has 0 saturated heterocycles. The molecule has 1 aliphatic carbocycles. The van der Waals surface area contributed by atoms with Crippen molar-refractivity contribution in [3.05, 3.63) is 241 Å². The van der Waals surface area contributed by atoms with Crippen LogP contribution in [0.4, 0.5) is 0 Å². The van der Waals surface area contributed by atoms with Gasteiger partial charge in [0, 0.05) is 34.0 Å². The maximum Gasteiger partial charge on any atom is 0.177 e. The lowest BCUT2D eigenvalue weighted by atomic mass is 9.67. The van der Waals surface area contributed by atoms with Crippen LogP contribution in [-0.4, -0.2) is 19.9 Å². The van der Waals surface area contributed by atoms with Crippen LogP contribution in [0, 0.1) is 0 Å². The third-order valence-electron chi connectivity index (χ3n) is 12.1. The van der Waals surface area contributed by atoms with E-state index in [0.29, 0.717) is 40.5 Å². The van der Waals surface area contributed by atoms with Crippen LogP contribution in [0.2, 0.25) is 0 Å². The van der Waals surface area contributed by atoms with E-state index in [-0.39, 0.29) is 0 Å².